The molecule has 3 heterocycles. The zero-order valence-electron chi connectivity index (χ0n) is 10.5. The van der Waals surface area contributed by atoms with E-state index >= 15 is 0 Å². The molecule has 0 aromatic carbocycles. The summed E-state index contributed by atoms with van der Waals surface area (Å²) in [4.78, 5) is 31.2. The van der Waals surface area contributed by atoms with Crippen molar-refractivity contribution in [3.05, 3.63) is 53.0 Å². The number of carboxylic acid groups (broad SMARTS) is 1. The van der Waals surface area contributed by atoms with Crippen molar-refractivity contribution in [1.29, 1.82) is 0 Å². The number of carbonyl (C=O) groups is 2. The third-order valence-electron chi connectivity index (χ3n) is 3.16. The number of anilines is 1. The van der Waals surface area contributed by atoms with Crippen LogP contribution in [0, 0.1) is 0 Å². The molecule has 100 valence electrons. The van der Waals surface area contributed by atoms with Gasteiger partial charge in [-0.25, -0.2) is 9.78 Å². The quantitative estimate of drug-likeness (QED) is 0.813. The van der Waals surface area contributed by atoms with Gasteiger partial charge in [-0.05, 0) is 17.7 Å². The van der Waals surface area contributed by atoms with Crippen molar-refractivity contribution < 1.29 is 14.7 Å². The smallest absolute Gasteiger partial charge is 0.337 e. The number of nitrogens with zero attached hydrogens (tertiary/aromatic N) is 2. The molecular weight excluding hydrogens is 258 g/mol. The van der Waals surface area contributed by atoms with Crippen molar-refractivity contribution in [3.8, 4) is 0 Å². The fraction of sp³-hybridized carbons (Fsp3) is 0.143. The highest BCUT2D eigenvalue weighted by atomic mass is 16.4. The van der Waals surface area contributed by atoms with E-state index in [0.29, 0.717) is 23.5 Å². The lowest BCUT2D eigenvalue weighted by Crippen LogP contribution is -2.21. The summed E-state index contributed by atoms with van der Waals surface area (Å²) in [7, 11) is 0. The monoisotopic (exact) mass is 269 g/mol. The Balaban J connectivity index is 2.09. The fourth-order valence-corrected chi connectivity index (χ4v) is 2.19. The average Bonchev–Trinajstić information content (AvgIpc) is 2.40. The Morgan fingerprint density at radius 1 is 1.25 bits per heavy atom. The lowest BCUT2D eigenvalue weighted by Gasteiger charge is -2.16. The summed E-state index contributed by atoms with van der Waals surface area (Å²) in [5, 5.41) is 11.7. The van der Waals surface area contributed by atoms with E-state index < -0.39 is 5.97 Å². The number of nitrogens with one attached hydrogen (secondary N) is 1. The van der Waals surface area contributed by atoms with Crippen LogP contribution in [0.5, 0.6) is 0 Å². The molecule has 2 aromatic rings. The largest absolute Gasteiger partial charge is 0.478 e. The molecule has 0 unspecified atom stereocenters. The molecule has 0 bridgehead atoms. The third-order valence-corrected chi connectivity index (χ3v) is 3.16. The number of aromatic carboxylic acids is 1. The number of carbonyl (C=O) groups excluding carboxylic acids is 1. The summed E-state index contributed by atoms with van der Waals surface area (Å²) in [5.74, 6) is -0.743. The predicted molar refractivity (Wildman–Crippen MR) is 70.6 cm³/mol. The minimum absolute atomic E-state index is 0.0866. The van der Waals surface area contributed by atoms with Gasteiger partial charge in [0, 0.05) is 30.1 Å². The average molecular weight is 269 g/mol. The van der Waals surface area contributed by atoms with E-state index in [1.165, 1.54) is 12.3 Å². The highest BCUT2D eigenvalue weighted by Gasteiger charge is 2.19. The van der Waals surface area contributed by atoms with Crippen LogP contribution < -0.4 is 5.32 Å². The number of carboxylic acids is 1. The number of aromatic nitrogens is 2. The van der Waals surface area contributed by atoms with Crippen molar-refractivity contribution in [2.75, 3.05) is 5.32 Å². The molecule has 6 heteroatoms. The first-order valence-corrected chi connectivity index (χ1v) is 6.08. The van der Waals surface area contributed by atoms with Crippen LogP contribution >= 0.6 is 0 Å². The van der Waals surface area contributed by atoms with E-state index in [1.807, 2.05) is 6.07 Å². The van der Waals surface area contributed by atoms with Crippen LogP contribution in [0.1, 0.15) is 27.2 Å². The third kappa shape index (κ3) is 2.23. The molecule has 0 spiro atoms. The van der Waals surface area contributed by atoms with Gasteiger partial charge in [0.1, 0.15) is 5.82 Å². The Kier molecular flexibility index (Phi) is 2.90. The van der Waals surface area contributed by atoms with Crippen LogP contribution in [0.2, 0.25) is 0 Å². The van der Waals surface area contributed by atoms with Crippen LogP contribution in [0.15, 0.2) is 30.6 Å². The molecule has 0 saturated carbocycles. The Bertz CT molecular complexity index is 713. The Hall–Kier alpha value is -2.76. The van der Waals surface area contributed by atoms with E-state index in [4.69, 9.17) is 5.11 Å². The fourth-order valence-electron chi connectivity index (χ4n) is 2.19. The number of pyridine rings is 2. The molecule has 0 radical (unpaired) electrons. The van der Waals surface area contributed by atoms with Gasteiger partial charge in [0.25, 0.3) is 0 Å². The molecular formula is C14H11N3O3. The van der Waals surface area contributed by atoms with Crippen LogP contribution in [-0.4, -0.2) is 27.0 Å². The van der Waals surface area contributed by atoms with Crippen molar-refractivity contribution in [2.24, 2.45) is 0 Å². The molecule has 1 aliphatic rings. The summed E-state index contributed by atoms with van der Waals surface area (Å²) in [6.07, 6.45) is 3.54. The normalized spacial score (nSPS) is 13.5. The SMILES string of the molecule is O=C1Cc2cc(C(=O)O)cnc2Cc2cccnc2N1. The lowest BCUT2D eigenvalue weighted by molar-refractivity contribution is -0.115. The van der Waals surface area contributed by atoms with Crippen molar-refractivity contribution >= 4 is 17.7 Å². The second-order valence-corrected chi connectivity index (χ2v) is 4.55. The van der Waals surface area contributed by atoms with Crippen LogP contribution in [0.4, 0.5) is 5.82 Å². The summed E-state index contributed by atoms with van der Waals surface area (Å²) in [5.41, 5.74) is 2.29. The molecule has 3 rings (SSSR count). The van der Waals surface area contributed by atoms with Crippen molar-refractivity contribution in [3.63, 3.8) is 0 Å². The number of rotatable bonds is 1. The van der Waals surface area contributed by atoms with E-state index in [9.17, 15) is 9.59 Å². The van der Waals surface area contributed by atoms with Gasteiger partial charge in [0.2, 0.25) is 5.91 Å². The topological polar surface area (TPSA) is 92.2 Å². The summed E-state index contributed by atoms with van der Waals surface area (Å²) < 4.78 is 0. The molecule has 0 aliphatic carbocycles. The Morgan fingerprint density at radius 2 is 2.10 bits per heavy atom. The van der Waals surface area contributed by atoms with Gasteiger partial charge in [-0.15, -0.1) is 0 Å². The van der Waals surface area contributed by atoms with Gasteiger partial charge in [0.05, 0.1) is 12.0 Å². The second-order valence-electron chi connectivity index (χ2n) is 4.55. The Labute approximate surface area is 114 Å². The maximum Gasteiger partial charge on any atom is 0.337 e. The van der Waals surface area contributed by atoms with E-state index in [-0.39, 0.29) is 17.9 Å². The number of fused-ring (bicyclic) bond motifs is 2. The Morgan fingerprint density at radius 3 is 2.90 bits per heavy atom. The highest BCUT2D eigenvalue weighted by Crippen LogP contribution is 2.22. The molecule has 2 N–H and O–H groups in total. The second kappa shape index (κ2) is 4.73. The molecule has 2 aromatic heterocycles. The molecule has 6 nitrogen and oxygen atoms in total. The van der Waals surface area contributed by atoms with Crippen LogP contribution in [0.3, 0.4) is 0 Å². The molecule has 1 amide bonds. The standard InChI is InChI=1S/C14H11N3O3/c18-12-6-9-4-10(14(19)20)7-16-11(9)5-8-2-1-3-15-13(8)17-12/h1-4,7H,5-6H2,(H,19,20)(H,15,17,18). The van der Waals surface area contributed by atoms with Crippen LogP contribution in [-0.2, 0) is 17.6 Å². The minimum Gasteiger partial charge on any atom is -0.478 e. The predicted octanol–water partition coefficient (Wildman–Crippen LogP) is 1.26. The number of hydrogen-bond acceptors (Lipinski definition) is 4. The first-order chi connectivity index (χ1) is 9.63. The maximum absolute atomic E-state index is 11.9. The summed E-state index contributed by atoms with van der Waals surface area (Å²) in [6, 6.07) is 5.16. The van der Waals surface area contributed by atoms with E-state index in [2.05, 4.69) is 15.3 Å². The highest BCUT2D eigenvalue weighted by molar-refractivity contribution is 5.93. The van der Waals surface area contributed by atoms with Crippen molar-refractivity contribution in [1.82, 2.24) is 9.97 Å². The zero-order chi connectivity index (χ0) is 14.1. The molecule has 0 saturated heterocycles. The zero-order valence-corrected chi connectivity index (χ0v) is 10.5. The van der Waals surface area contributed by atoms with Gasteiger partial charge in [-0.1, -0.05) is 6.07 Å². The van der Waals surface area contributed by atoms with Gasteiger partial charge in [0.15, 0.2) is 0 Å². The van der Waals surface area contributed by atoms with Crippen LogP contribution in [0.25, 0.3) is 0 Å². The van der Waals surface area contributed by atoms with Gasteiger partial charge < -0.3 is 10.4 Å². The number of hydrogen-bond donors (Lipinski definition) is 2. The van der Waals surface area contributed by atoms with E-state index in [0.717, 1.165) is 5.56 Å². The number of amides is 1. The van der Waals surface area contributed by atoms with Crippen molar-refractivity contribution in [2.45, 2.75) is 12.8 Å². The molecule has 1 aliphatic heterocycles. The van der Waals surface area contributed by atoms with Gasteiger partial charge in [-0.3, -0.25) is 9.78 Å². The molecule has 0 atom stereocenters. The molecule has 0 fully saturated rings. The first kappa shape index (κ1) is 12.3. The summed E-state index contributed by atoms with van der Waals surface area (Å²) >= 11 is 0. The first-order valence-electron chi connectivity index (χ1n) is 6.08. The minimum atomic E-state index is -1.05. The summed E-state index contributed by atoms with van der Waals surface area (Å²) in [6.45, 7) is 0. The molecule has 20 heavy (non-hydrogen) atoms. The van der Waals surface area contributed by atoms with Gasteiger partial charge in [-0.2, -0.15) is 0 Å². The lowest BCUT2D eigenvalue weighted by atomic mass is 9.99. The maximum atomic E-state index is 11.9. The van der Waals surface area contributed by atoms with Gasteiger partial charge >= 0.3 is 5.97 Å². The van der Waals surface area contributed by atoms with E-state index in [1.54, 1.807) is 12.3 Å².